The highest BCUT2D eigenvalue weighted by Crippen LogP contribution is 2.52. The lowest BCUT2D eigenvalue weighted by Crippen LogP contribution is -2.24. The topological polar surface area (TPSA) is 35.0 Å². The molecule has 0 spiro atoms. The molecule has 5 aromatic rings. The lowest BCUT2D eigenvalue weighted by atomic mass is 9.76. The highest BCUT2D eigenvalue weighted by molar-refractivity contribution is 5.85. The van der Waals surface area contributed by atoms with E-state index in [1.807, 2.05) is 36.7 Å². The molecule has 2 heterocycles. The zero-order valence-corrected chi connectivity index (χ0v) is 22.6. The van der Waals surface area contributed by atoms with Crippen LogP contribution in [0.1, 0.15) is 55.6 Å². The molecule has 3 heteroatoms. The van der Waals surface area contributed by atoms with Crippen molar-refractivity contribution in [2.45, 2.75) is 45.4 Å². The molecule has 38 heavy (non-hydrogen) atoms. The fraction of sp³-hybridized carbons (Fsp3) is 0.200. The summed E-state index contributed by atoms with van der Waals surface area (Å²) >= 11 is 0. The fourth-order valence-corrected chi connectivity index (χ4v) is 5.55. The van der Waals surface area contributed by atoms with Crippen LogP contribution in [0.2, 0.25) is 0 Å². The van der Waals surface area contributed by atoms with Crippen molar-refractivity contribution in [1.29, 1.82) is 0 Å². The second kappa shape index (κ2) is 8.95. The maximum absolute atomic E-state index is 6.22. The monoisotopic (exact) mass is 496 g/mol. The van der Waals surface area contributed by atoms with E-state index in [2.05, 4.69) is 106 Å². The van der Waals surface area contributed by atoms with Gasteiger partial charge in [0.25, 0.3) is 0 Å². The Bertz CT molecular complexity index is 1660. The van der Waals surface area contributed by atoms with Crippen LogP contribution in [0.15, 0.2) is 103 Å². The molecule has 3 nitrogen and oxygen atoms in total. The number of aromatic nitrogens is 2. The predicted molar refractivity (Wildman–Crippen MR) is 155 cm³/mol. The van der Waals surface area contributed by atoms with Crippen molar-refractivity contribution in [3.8, 4) is 33.9 Å². The molecule has 3 aromatic carbocycles. The first kappa shape index (κ1) is 24.1. The van der Waals surface area contributed by atoms with Crippen LogP contribution in [-0.4, -0.2) is 9.97 Å². The minimum atomic E-state index is -0.334. The Kier molecular flexibility index (Phi) is 5.68. The molecular weight excluding hydrogens is 464 g/mol. The van der Waals surface area contributed by atoms with E-state index in [0.29, 0.717) is 5.88 Å². The molecule has 0 N–H and O–H groups in total. The van der Waals surface area contributed by atoms with Crippen molar-refractivity contribution in [1.82, 2.24) is 9.97 Å². The molecule has 0 amide bonds. The van der Waals surface area contributed by atoms with E-state index in [0.717, 1.165) is 22.6 Å². The Labute approximate surface area is 225 Å². The second-order valence-corrected chi connectivity index (χ2v) is 11.4. The van der Waals surface area contributed by atoms with Crippen molar-refractivity contribution in [3.05, 3.63) is 131 Å². The van der Waals surface area contributed by atoms with Gasteiger partial charge in [-0.1, -0.05) is 69.3 Å². The van der Waals surface area contributed by atoms with Gasteiger partial charge >= 0.3 is 0 Å². The summed E-state index contributed by atoms with van der Waals surface area (Å²) in [5.74, 6) is 1.38. The average Bonchev–Trinajstić information content (AvgIpc) is 3.17. The van der Waals surface area contributed by atoms with Gasteiger partial charge in [-0.25, -0.2) is 4.98 Å². The molecule has 0 saturated carbocycles. The third kappa shape index (κ3) is 4.09. The molecule has 1 atom stereocenters. The standard InChI is InChI=1S/C35H32N2O/c1-23-15-17-36-32(19-23)35(5)30-12-7-6-11-28(30)29-14-13-25(21-31(29)35)24-9-8-10-27(20-24)38-33-22-26(16-18-37-33)34(2,3)4/h6-22H,1-5H3. The van der Waals surface area contributed by atoms with Crippen LogP contribution in [0.25, 0.3) is 22.3 Å². The number of aryl methyl sites for hydroxylation is 1. The molecule has 0 saturated heterocycles. The quantitative estimate of drug-likeness (QED) is 0.249. The Hall–Kier alpha value is -4.24. The summed E-state index contributed by atoms with van der Waals surface area (Å²) in [4.78, 5) is 9.30. The zero-order chi connectivity index (χ0) is 26.5. The van der Waals surface area contributed by atoms with Gasteiger partial charge in [-0.05, 0) is 100 Å². The molecule has 0 radical (unpaired) electrons. The third-order valence-corrected chi connectivity index (χ3v) is 7.73. The lowest BCUT2D eigenvalue weighted by molar-refractivity contribution is 0.459. The van der Waals surface area contributed by atoms with Crippen LogP contribution in [0.3, 0.4) is 0 Å². The summed E-state index contributed by atoms with van der Waals surface area (Å²) in [7, 11) is 0. The highest BCUT2D eigenvalue weighted by atomic mass is 16.5. The van der Waals surface area contributed by atoms with E-state index in [1.54, 1.807) is 0 Å². The molecule has 0 aliphatic heterocycles. The fourth-order valence-electron chi connectivity index (χ4n) is 5.55. The van der Waals surface area contributed by atoms with Crippen molar-refractivity contribution < 1.29 is 4.74 Å². The van der Waals surface area contributed by atoms with Crippen LogP contribution < -0.4 is 4.74 Å². The number of pyridine rings is 2. The van der Waals surface area contributed by atoms with Crippen molar-refractivity contribution in [2.75, 3.05) is 0 Å². The number of nitrogens with zero attached hydrogens (tertiary/aromatic N) is 2. The maximum Gasteiger partial charge on any atom is 0.219 e. The Morgan fingerprint density at radius 3 is 2.26 bits per heavy atom. The normalized spacial score (nSPS) is 16.1. The van der Waals surface area contributed by atoms with E-state index >= 15 is 0 Å². The smallest absolute Gasteiger partial charge is 0.219 e. The molecule has 1 unspecified atom stereocenters. The van der Waals surface area contributed by atoms with Crippen LogP contribution >= 0.6 is 0 Å². The first-order chi connectivity index (χ1) is 18.2. The molecule has 0 bridgehead atoms. The largest absolute Gasteiger partial charge is 0.439 e. The van der Waals surface area contributed by atoms with Gasteiger partial charge in [0.05, 0.1) is 11.1 Å². The van der Waals surface area contributed by atoms with Gasteiger partial charge in [0.1, 0.15) is 5.75 Å². The number of rotatable bonds is 4. The molecular formula is C35H32N2O. The second-order valence-electron chi connectivity index (χ2n) is 11.4. The Morgan fingerprint density at radius 1 is 0.684 bits per heavy atom. The minimum absolute atomic E-state index is 0.0314. The number of fused-ring (bicyclic) bond motifs is 3. The van der Waals surface area contributed by atoms with Crippen LogP contribution in [0, 0.1) is 6.92 Å². The van der Waals surface area contributed by atoms with Crippen LogP contribution in [0.5, 0.6) is 11.6 Å². The molecule has 188 valence electrons. The summed E-state index contributed by atoms with van der Waals surface area (Å²) in [5, 5.41) is 0. The molecule has 0 fully saturated rings. The number of hydrogen-bond donors (Lipinski definition) is 0. The Morgan fingerprint density at radius 2 is 1.45 bits per heavy atom. The van der Waals surface area contributed by atoms with Gasteiger partial charge in [0.2, 0.25) is 5.88 Å². The van der Waals surface area contributed by atoms with Crippen molar-refractivity contribution in [2.24, 2.45) is 0 Å². The van der Waals surface area contributed by atoms with Gasteiger partial charge in [-0.15, -0.1) is 0 Å². The van der Waals surface area contributed by atoms with Gasteiger partial charge in [-0.3, -0.25) is 4.98 Å². The van der Waals surface area contributed by atoms with Crippen molar-refractivity contribution in [3.63, 3.8) is 0 Å². The summed E-state index contributed by atoms with van der Waals surface area (Å²) in [6.45, 7) is 11.0. The van der Waals surface area contributed by atoms with Crippen LogP contribution in [0.4, 0.5) is 0 Å². The number of hydrogen-bond acceptors (Lipinski definition) is 3. The molecule has 6 rings (SSSR count). The molecule has 1 aliphatic carbocycles. The van der Waals surface area contributed by atoms with Crippen molar-refractivity contribution >= 4 is 0 Å². The SMILES string of the molecule is Cc1ccnc(C2(C)c3ccccc3-c3ccc(-c4cccc(Oc5cc(C(C)(C)C)ccn5)c4)cc32)c1. The Balaban J connectivity index is 1.41. The predicted octanol–water partition coefficient (Wildman–Crippen LogP) is 8.88. The number of benzene rings is 3. The average molecular weight is 497 g/mol. The van der Waals surface area contributed by atoms with E-state index in [-0.39, 0.29) is 10.8 Å². The molecule has 1 aliphatic rings. The van der Waals surface area contributed by atoms with E-state index in [1.165, 1.54) is 33.4 Å². The highest BCUT2D eigenvalue weighted by Gasteiger charge is 2.41. The summed E-state index contributed by atoms with van der Waals surface area (Å²) in [6, 6.07) is 32.1. The van der Waals surface area contributed by atoms with E-state index < -0.39 is 0 Å². The summed E-state index contributed by atoms with van der Waals surface area (Å²) in [6.07, 6.45) is 3.74. The lowest BCUT2D eigenvalue weighted by Gasteiger charge is -2.27. The van der Waals surface area contributed by atoms with Gasteiger partial charge in [0, 0.05) is 18.5 Å². The first-order valence-electron chi connectivity index (χ1n) is 13.2. The van der Waals surface area contributed by atoms with E-state index in [9.17, 15) is 0 Å². The van der Waals surface area contributed by atoms with E-state index in [4.69, 9.17) is 9.72 Å². The number of ether oxygens (including phenoxy) is 1. The van der Waals surface area contributed by atoms with Gasteiger partial charge in [-0.2, -0.15) is 0 Å². The maximum atomic E-state index is 6.22. The minimum Gasteiger partial charge on any atom is -0.439 e. The summed E-state index contributed by atoms with van der Waals surface area (Å²) in [5.41, 5.74) is 10.6. The van der Waals surface area contributed by atoms with Crippen LogP contribution in [-0.2, 0) is 10.8 Å². The summed E-state index contributed by atoms with van der Waals surface area (Å²) < 4.78 is 6.22. The first-order valence-corrected chi connectivity index (χ1v) is 13.2. The van der Waals surface area contributed by atoms with Gasteiger partial charge in [0.15, 0.2) is 0 Å². The molecule has 2 aromatic heterocycles. The van der Waals surface area contributed by atoms with Gasteiger partial charge < -0.3 is 4.74 Å². The third-order valence-electron chi connectivity index (χ3n) is 7.73. The zero-order valence-electron chi connectivity index (χ0n) is 22.6.